The van der Waals surface area contributed by atoms with Crippen molar-refractivity contribution < 1.29 is 18.0 Å². The van der Waals surface area contributed by atoms with Gasteiger partial charge in [-0.15, -0.1) is 10.2 Å². The first-order chi connectivity index (χ1) is 13.4. The first-order valence-electron chi connectivity index (χ1n) is 8.35. The van der Waals surface area contributed by atoms with Crippen LogP contribution in [0, 0.1) is 0 Å². The molecule has 5 nitrogen and oxygen atoms in total. The number of nitrogens with zero attached hydrogens (tertiary/aromatic N) is 3. The van der Waals surface area contributed by atoms with Gasteiger partial charge >= 0.3 is 6.18 Å². The molecule has 0 aliphatic heterocycles. The summed E-state index contributed by atoms with van der Waals surface area (Å²) in [5.74, 6) is -1.50. The molecule has 0 spiro atoms. The summed E-state index contributed by atoms with van der Waals surface area (Å²) in [6.45, 7) is 0. The summed E-state index contributed by atoms with van der Waals surface area (Å²) in [6, 6.07) is 18.6. The van der Waals surface area contributed by atoms with Gasteiger partial charge in [-0.1, -0.05) is 72.4 Å². The minimum absolute atomic E-state index is 0.0263. The smallest absolute Gasteiger partial charge is 0.344 e. The fraction of sp³-hybridized carbons (Fsp3) is 0.211. The lowest BCUT2D eigenvalue weighted by molar-refractivity contribution is -0.147. The Labute approximate surface area is 164 Å². The highest BCUT2D eigenvalue weighted by Gasteiger charge is 2.37. The summed E-state index contributed by atoms with van der Waals surface area (Å²) in [4.78, 5) is 12.5. The van der Waals surface area contributed by atoms with E-state index >= 15 is 0 Å². The first kappa shape index (κ1) is 19.9. The maximum atomic E-state index is 12.8. The van der Waals surface area contributed by atoms with Crippen LogP contribution in [0.4, 0.5) is 13.2 Å². The molecular weight excluding hydrogens is 389 g/mol. The second-order valence-electron chi connectivity index (χ2n) is 5.97. The molecule has 1 heterocycles. The minimum Gasteiger partial charge on any atom is -0.344 e. The molecule has 0 bridgehead atoms. The van der Waals surface area contributed by atoms with Crippen LogP contribution in [0.5, 0.6) is 0 Å². The van der Waals surface area contributed by atoms with Crippen LogP contribution in [0.1, 0.15) is 23.0 Å². The highest BCUT2D eigenvalue weighted by atomic mass is 32.2. The summed E-state index contributed by atoms with van der Waals surface area (Å²) in [5.41, 5.74) is 1.81. The minimum atomic E-state index is -4.59. The van der Waals surface area contributed by atoms with Gasteiger partial charge in [0.05, 0.1) is 11.8 Å². The highest BCUT2D eigenvalue weighted by Crippen LogP contribution is 2.29. The van der Waals surface area contributed by atoms with Crippen LogP contribution >= 0.6 is 11.8 Å². The zero-order valence-corrected chi connectivity index (χ0v) is 15.7. The average molecular weight is 406 g/mol. The number of alkyl halides is 3. The van der Waals surface area contributed by atoms with E-state index in [0.29, 0.717) is 0 Å². The Hall–Kier alpha value is -2.81. The van der Waals surface area contributed by atoms with E-state index in [-0.39, 0.29) is 22.9 Å². The zero-order chi connectivity index (χ0) is 20.1. The van der Waals surface area contributed by atoms with Gasteiger partial charge in [0.1, 0.15) is 0 Å². The molecule has 0 aliphatic rings. The summed E-state index contributed by atoms with van der Waals surface area (Å²) < 4.78 is 39.2. The molecule has 3 aromatic rings. The Morgan fingerprint density at radius 1 is 1.04 bits per heavy atom. The largest absolute Gasteiger partial charge is 0.451 e. The van der Waals surface area contributed by atoms with Crippen LogP contribution in [-0.2, 0) is 18.0 Å². The Bertz CT molecular complexity index is 890. The molecule has 0 radical (unpaired) electrons. The fourth-order valence-electron chi connectivity index (χ4n) is 2.67. The Kier molecular flexibility index (Phi) is 6.03. The van der Waals surface area contributed by atoms with Crippen LogP contribution in [0.2, 0.25) is 0 Å². The molecule has 2 aromatic carbocycles. The molecule has 1 N–H and O–H groups in total. The van der Waals surface area contributed by atoms with E-state index in [1.54, 1.807) is 0 Å². The Balaban J connectivity index is 1.71. The normalized spacial score (nSPS) is 11.6. The molecule has 28 heavy (non-hydrogen) atoms. The fourth-order valence-corrected chi connectivity index (χ4v) is 3.39. The van der Waals surface area contributed by atoms with Crippen molar-refractivity contribution in [3.63, 3.8) is 0 Å². The van der Waals surface area contributed by atoms with E-state index in [4.69, 9.17) is 0 Å². The SMILES string of the molecule is Cn1c(SCC(=O)NC(c2ccccc2)c2ccccc2)nnc1C(F)(F)F. The van der Waals surface area contributed by atoms with Gasteiger partial charge in [0.2, 0.25) is 11.7 Å². The number of thioether (sulfide) groups is 1. The summed E-state index contributed by atoms with van der Waals surface area (Å²) in [6.07, 6.45) is -4.59. The third-order valence-electron chi connectivity index (χ3n) is 3.99. The van der Waals surface area contributed by atoms with Crippen molar-refractivity contribution in [2.75, 3.05) is 5.75 Å². The van der Waals surface area contributed by atoms with Gasteiger partial charge < -0.3 is 9.88 Å². The molecule has 0 saturated heterocycles. The Morgan fingerprint density at radius 2 is 1.57 bits per heavy atom. The van der Waals surface area contributed by atoms with Crippen molar-refractivity contribution in [1.29, 1.82) is 0 Å². The number of aromatic nitrogens is 3. The summed E-state index contributed by atoms with van der Waals surface area (Å²) >= 11 is 0.902. The zero-order valence-electron chi connectivity index (χ0n) is 14.8. The standard InChI is InChI=1S/C19H17F3N4OS/c1-26-17(19(20,21)22)24-25-18(26)28-12-15(27)23-16(13-8-4-2-5-9-13)14-10-6-3-7-11-14/h2-11,16H,12H2,1H3,(H,23,27). The summed E-state index contributed by atoms with van der Waals surface area (Å²) in [7, 11) is 1.22. The highest BCUT2D eigenvalue weighted by molar-refractivity contribution is 7.99. The van der Waals surface area contributed by atoms with Crippen molar-refractivity contribution in [2.24, 2.45) is 7.05 Å². The van der Waals surface area contributed by atoms with Crippen molar-refractivity contribution in [3.8, 4) is 0 Å². The van der Waals surface area contributed by atoms with Gasteiger partial charge in [-0.3, -0.25) is 4.79 Å². The van der Waals surface area contributed by atoms with E-state index in [9.17, 15) is 18.0 Å². The molecule has 146 valence electrons. The number of rotatable bonds is 6. The molecule has 0 atom stereocenters. The van der Waals surface area contributed by atoms with Gasteiger partial charge in [0, 0.05) is 7.05 Å². The van der Waals surface area contributed by atoms with Crippen molar-refractivity contribution in [2.45, 2.75) is 17.4 Å². The van der Waals surface area contributed by atoms with E-state index in [2.05, 4.69) is 15.5 Å². The van der Waals surface area contributed by atoms with E-state index < -0.39 is 12.0 Å². The molecule has 0 fully saturated rings. The average Bonchev–Trinajstić information content (AvgIpc) is 3.07. The molecule has 0 saturated carbocycles. The summed E-state index contributed by atoms with van der Waals surface area (Å²) in [5, 5.41) is 9.65. The van der Waals surface area contributed by atoms with Gasteiger partial charge in [-0.05, 0) is 11.1 Å². The number of benzene rings is 2. The molecule has 3 rings (SSSR count). The molecule has 0 unspecified atom stereocenters. The topological polar surface area (TPSA) is 59.8 Å². The predicted octanol–water partition coefficient (Wildman–Crippen LogP) is 3.83. The molecule has 1 aromatic heterocycles. The molecular formula is C19H17F3N4OS. The maximum Gasteiger partial charge on any atom is 0.451 e. The van der Waals surface area contributed by atoms with Crippen LogP contribution < -0.4 is 5.32 Å². The predicted molar refractivity (Wildman–Crippen MR) is 99.6 cm³/mol. The van der Waals surface area contributed by atoms with Crippen LogP contribution in [0.25, 0.3) is 0 Å². The number of amides is 1. The third kappa shape index (κ3) is 4.72. The monoisotopic (exact) mass is 406 g/mol. The van der Waals surface area contributed by atoms with Crippen molar-refractivity contribution >= 4 is 17.7 Å². The first-order valence-corrected chi connectivity index (χ1v) is 9.33. The lowest BCUT2D eigenvalue weighted by atomic mass is 9.99. The van der Waals surface area contributed by atoms with E-state index in [1.165, 1.54) is 7.05 Å². The second-order valence-corrected chi connectivity index (χ2v) is 6.92. The number of hydrogen-bond donors (Lipinski definition) is 1. The van der Waals surface area contributed by atoms with Gasteiger partial charge in [-0.2, -0.15) is 13.2 Å². The van der Waals surface area contributed by atoms with Crippen LogP contribution in [-0.4, -0.2) is 26.4 Å². The lowest BCUT2D eigenvalue weighted by Crippen LogP contribution is -2.30. The van der Waals surface area contributed by atoms with Gasteiger partial charge in [0.25, 0.3) is 0 Å². The number of carbonyl (C=O) groups excluding carboxylic acids is 1. The van der Waals surface area contributed by atoms with Gasteiger partial charge in [-0.25, -0.2) is 0 Å². The maximum absolute atomic E-state index is 12.8. The molecule has 1 amide bonds. The molecule has 0 aliphatic carbocycles. The van der Waals surface area contributed by atoms with Crippen LogP contribution in [0.15, 0.2) is 65.8 Å². The third-order valence-corrected chi connectivity index (χ3v) is 5.01. The Morgan fingerprint density at radius 3 is 2.04 bits per heavy atom. The number of halogens is 3. The second kappa shape index (κ2) is 8.47. The van der Waals surface area contributed by atoms with Crippen molar-refractivity contribution in [1.82, 2.24) is 20.1 Å². The lowest BCUT2D eigenvalue weighted by Gasteiger charge is -2.19. The van der Waals surface area contributed by atoms with E-state index in [1.807, 2.05) is 60.7 Å². The number of nitrogens with one attached hydrogen (secondary N) is 1. The quantitative estimate of drug-likeness (QED) is 0.632. The van der Waals surface area contributed by atoms with Gasteiger partial charge in [0.15, 0.2) is 5.16 Å². The van der Waals surface area contributed by atoms with Crippen molar-refractivity contribution in [3.05, 3.63) is 77.6 Å². The van der Waals surface area contributed by atoms with Crippen LogP contribution in [0.3, 0.4) is 0 Å². The van der Waals surface area contributed by atoms with E-state index in [0.717, 1.165) is 27.5 Å². The molecule has 9 heteroatoms. The number of hydrogen-bond acceptors (Lipinski definition) is 4. The number of carbonyl (C=O) groups is 1.